The second-order valence-corrected chi connectivity index (χ2v) is 5.34. The van der Waals surface area contributed by atoms with E-state index in [0.29, 0.717) is 5.92 Å². The quantitative estimate of drug-likeness (QED) is 0.712. The number of anilines is 1. The first kappa shape index (κ1) is 23.6. The molecule has 0 radical (unpaired) electrons. The Morgan fingerprint density at radius 3 is 2.54 bits per heavy atom. The Labute approximate surface area is 157 Å². The van der Waals surface area contributed by atoms with Crippen LogP contribution in [-0.2, 0) is 4.74 Å². The van der Waals surface area contributed by atoms with Gasteiger partial charge in [-0.05, 0) is 30.7 Å². The molecule has 1 aromatic rings. The molecule has 0 spiro atoms. The van der Waals surface area contributed by atoms with Crippen LogP contribution in [0.25, 0.3) is 0 Å². The average Bonchev–Trinajstić information content (AvgIpc) is 3.09. The first-order chi connectivity index (χ1) is 12.5. The predicted molar refractivity (Wildman–Crippen MR) is 109 cm³/mol. The Hall–Kier alpha value is -2.43. The Morgan fingerprint density at radius 1 is 1.35 bits per heavy atom. The van der Waals surface area contributed by atoms with Gasteiger partial charge in [-0.2, -0.15) is 0 Å². The molecule has 1 atom stereocenters. The van der Waals surface area contributed by atoms with Crippen LogP contribution in [-0.4, -0.2) is 27.8 Å². The van der Waals surface area contributed by atoms with Crippen molar-refractivity contribution in [1.29, 1.82) is 0 Å². The van der Waals surface area contributed by atoms with Crippen molar-refractivity contribution < 1.29 is 13.9 Å². The highest BCUT2D eigenvalue weighted by atomic mass is 19.1. The number of ether oxygens (including phenoxy) is 2. The van der Waals surface area contributed by atoms with Gasteiger partial charge < -0.3 is 20.1 Å². The SMILES string of the molecule is C=C(/C=C\C=C1\OCCC1C)NC.CC.CNc1ccc(F)c(OC)c1. The molecule has 146 valence electrons. The lowest BCUT2D eigenvalue weighted by molar-refractivity contribution is 0.260. The molecule has 1 aliphatic heterocycles. The zero-order valence-corrected chi connectivity index (χ0v) is 16.9. The Balaban J connectivity index is 0.000000444. The molecule has 1 aliphatic rings. The van der Waals surface area contributed by atoms with Crippen molar-refractivity contribution in [3.8, 4) is 5.75 Å². The molecule has 2 N–H and O–H groups in total. The summed E-state index contributed by atoms with van der Waals surface area (Å²) in [5.41, 5.74) is 1.74. The van der Waals surface area contributed by atoms with Gasteiger partial charge in [-0.15, -0.1) is 0 Å². The minimum absolute atomic E-state index is 0.261. The van der Waals surface area contributed by atoms with Crippen LogP contribution in [0.4, 0.5) is 10.1 Å². The lowest BCUT2D eigenvalue weighted by Crippen LogP contribution is -2.00. The van der Waals surface area contributed by atoms with Crippen LogP contribution < -0.4 is 15.4 Å². The van der Waals surface area contributed by atoms with Gasteiger partial charge in [-0.1, -0.05) is 33.4 Å². The highest BCUT2D eigenvalue weighted by Gasteiger charge is 2.16. The van der Waals surface area contributed by atoms with Gasteiger partial charge in [0.05, 0.1) is 19.5 Å². The van der Waals surface area contributed by atoms with E-state index in [0.717, 1.165) is 30.2 Å². The summed E-state index contributed by atoms with van der Waals surface area (Å²) in [5.74, 6) is 1.57. The van der Waals surface area contributed by atoms with E-state index >= 15 is 0 Å². The molecular formula is C21H33FN2O2. The summed E-state index contributed by atoms with van der Waals surface area (Å²) in [6.45, 7) is 10.8. The lowest BCUT2D eigenvalue weighted by Gasteiger charge is -2.03. The lowest BCUT2D eigenvalue weighted by atomic mass is 10.1. The zero-order valence-electron chi connectivity index (χ0n) is 16.9. The molecule has 1 heterocycles. The van der Waals surface area contributed by atoms with Gasteiger partial charge in [0.25, 0.3) is 0 Å². The van der Waals surface area contributed by atoms with Crippen LogP contribution in [0.1, 0.15) is 27.2 Å². The molecule has 1 aromatic carbocycles. The minimum Gasteiger partial charge on any atom is -0.498 e. The largest absolute Gasteiger partial charge is 0.498 e. The summed E-state index contributed by atoms with van der Waals surface area (Å²) in [5, 5.41) is 5.83. The fraction of sp³-hybridized carbons (Fsp3) is 0.429. The normalized spacial score (nSPS) is 16.7. The summed E-state index contributed by atoms with van der Waals surface area (Å²) in [6.07, 6.45) is 7.05. The van der Waals surface area contributed by atoms with Gasteiger partial charge in [-0.25, -0.2) is 4.39 Å². The van der Waals surface area contributed by atoms with E-state index in [1.165, 1.54) is 13.2 Å². The van der Waals surface area contributed by atoms with E-state index in [1.54, 1.807) is 19.2 Å². The maximum atomic E-state index is 12.8. The Morgan fingerprint density at radius 2 is 2.04 bits per heavy atom. The van der Waals surface area contributed by atoms with Crippen LogP contribution in [0.15, 0.2) is 54.5 Å². The van der Waals surface area contributed by atoms with E-state index in [-0.39, 0.29) is 11.6 Å². The van der Waals surface area contributed by atoms with E-state index in [9.17, 15) is 4.39 Å². The Kier molecular flexibility index (Phi) is 12.5. The van der Waals surface area contributed by atoms with Crippen LogP contribution in [0.5, 0.6) is 5.75 Å². The van der Waals surface area contributed by atoms with Crippen molar-refractivity contribution >= 4 is 5.69 Å². The molecule has 0 aliphatic carbocycles. The van der Waals surface area contributed by atoms with Crippen molar-refractivity contribution in [2.45, 2.75) is 27.2 Å². The molecule has 4 nitrogen and oxygen atoms in total. The summed E-state index contributed by atoms with van der Waals surface area (Å²) < 4.78 is 23.0. The fourth-order valence-corrected chi connectivity index (χ4v) is 2.01. The van der Waals surface area contributed by atoms with E-state index in [1.807, 2.05) is 39.1 Å². The monoisotopic (exact) mass is 364 g/mol. The van der Waals surface area contributed by atoms with Crippen molar-refractivity contribution in [3.63, 3.8) is 0 Å². The van der Waals surface area contributed by atoms with E-state index in [4.69, 9.17) is 9.47 Å². The summed E-state index contributed by atoms with van der Waals surface area (Å²) in [7, 11) is 5.07. The average molecular weight is 365 g/mol. The second-order valence-electron chi connectivity index (χ2n) is 5.34. The van der Waals surface area contributed by atoms with Crippen LogP contribution in [0, 0.1) is 11.7 Å². The smallest absolute Gasteiger partial charge is 0.165 e. The fourth-order valence-electron chi connectivity index (χ4n) is 2.01. The topological polar surface area (TPSA) is 42.5 Å². The van der Waals surface area contributed by atoms with Gasteiger partial charge in [0.15, 0.2) is 11.6 Å². The summed E-state index contributed by atoms with van der Waals surface area (Å²) >= 11 is 0. The van der Waals surface area contributed by atoms with Crippen LogP contribution in [0.2, 0.25) is 0 Å². The number of allylic oxidation sites excluding steroid dienone is 4. The van der Waals surface area contributed by atoms with Crippen molar-refractivity contribution in [2.24, 2.45) is 5.92 Å². The molecule has 2 rings (SSSR count). The second kappa shape index (κ2) is 13.8. The summed E-state index contributed by atoms with van der Waals surface area (Å²) in [6, 6.07) is 4.62. The first-order valence-corrected chi connectivity index (χ1v) is 8.90. The summed E-state index contributed by atoms with van der Waals surface area (Å²) in [4.78, 5) is 0. The number of rotatable bonds is 5. The highest BCUT2D eigenvalue weighted by molar-refractivity contribution is 5.48. The van der Waals surface area contributed by atoms with E-state index < -0.39 is 0 Å². The minimum atomic E-state index is -0.341. The maximum Gasteiger partial charge on any atom is 0.165 e. The first-order valence-electron chi connectivity index (χ1n) is 8.90. The molecule has 5 heteroatoms. The third-order valence-corrected chi connectivity index (χ3v) is 3.62. The molecule has 1 fully saturated rings. The van der Waals surface area contributed by atoms with Gasteiger partial charge in [0.1, 0.15) is 0 Å². The standard InChI is InChI=1S/C11H17NO.C8H10FNO.C2H6/c1-9-7-8-13-11(9)6-4-5-10(2)12-3;1-10-6-3-4-7(9)8(5-6)11-2;1-2/h4-6,9,12H,2,7-8H2,1,3H3;3-5,10H,1-2H3;1-2H3/b5-4-,11-6+;;. The van der Waals surface area contributed by atoms with Gasteiger partial charge in [0, 0.05) is 37.5 Å². The number of nitrogens with one attached hydrogen (secondary N) is 2. The molecule has 1 saturated heterocycles. The highest BCUT2D eigenvalue weighted by Crippen LogP contribution is 2.23. The molecule has 0 bridgehead atoms. The molecule has 0 amide bonds. The number of hydrogen-bond acceptors (Lipinski definition) is 4. The molecule has 26 heavy (non-hydrogen) atoms. The van der Waals surface area contributed by atoms with Crippen molar-refractivity contribution in [2.75, 3.05) is 33.1 Å². The van der Waals surface area contributed by atoms with Crippen LogP contribution in [0.3, 0.4) is 0 Å². The number of hydrogen-bond donors (Lipinski definition) is 2. The third kappa shape index (κ3) is 8.60. The number of methoxy groups -OCH3 is 1. The molecule has 1 unspecified atom stereocenters. The Bertz CT molecular complexity index is 598. The third-order valence-electron chi connectivity index (χ3n) is 3.62. The van der Waals surface area contributed by atoms with E-state index in [2.05, 4.69) is 24.1 Å². The predicted octanol–water partition coefficient (Wildman–Crippen LogP) is 5.12. The van der Waals surface area contributed by atoms with Crippen molar-refractivity contribution in [3.05, 3.63) is 60.3 Å². The maximum absolute atomic E-state index is 12.8. The van der Waals surface area contributed by atoms with Gasteiger partial charge in [-0.3, -0.25) is 0 Å². The zero-order chi connectivity index (χ0) is 19.9. The number of benzene rings is 1. The molecule has 0 aromatic heterocycles. The number of likely N-dealkylation sites (N-methyl/N-ethyl adjacent to an activating group) is 1. The molecule has 0 saturated carbocycles. The number of halogens is 1. The molecular weight excluding hydrogens is 331 g/mol. The van der Waals surface area contributed by atoms with Crippen molar-refractivity contribution in [1.82, 2.24) is 5.32 Å². The van der Waals surface area contributed by atoms with Crippen LogP contribution >= 0.6 is 0 Å². The van der Waals surface area contributed by atoms with Gasteiger partial charge in [0.2, 0.25) is 0 Å². The van der Waals surface area contributed by atoms with Gasteiger partial charge >= 0.3 is 0 Å².